The summed E-state index contributed by atoms with van der Waals surface area (Å²) in [5, 5.41) is 0.819. The van der Waals surface area contributed by atoms with Crippen molar-refractivity contribution in [2.24, 2.45) is 0 Å². The van der Waals surface area contributed by atoms with Gasteiger partial charge in [0.1, 0.15) is 0 Å². The summed E-state index contributed by atoms with van der Waals surface area (Å²) >= 11 is 4.18. The number of rotatable bonds is 0. The van der Waals surface area contributed by atoms with E-state index in [1.807, 2.05) is 6.07 Å². The minimum Gasteiger partial charge on any atom is -0.296 e. The number of pyridine rings is 1. The SMILES string of the molecule is CN1Cc2ccc(S)nc2C1. The first-order chi connectivity index (χ1) is 5.25. The van der Waals surface area contributed by atoms with Crippen molar-refractivity contribution in [3.63, 3.8) is 0 Å². The maximum atomic E-state index is 4.33. The fourth-order valence-electron chi connectivity index (χ4n) is 1.40. The normalized spacial score (nSPS) is 16.9. The summed E-state index contributed by atoms with van der Waals surface area (Å²) < 4.78 is 0. The monoisotopic (exact) mass is 166 g/mol. The molecular formula is C8H10N2S. The topological polar surface area (TPSA) is 16.1 Å². The fourth-order valence-corrected chi connectivity index (χ4v) is 1.60. The second-order valence-electron chi connectivity index (χ2n) is 2.95. The summed E-state index contributed by atoms with van der Waals surface area (Å²) in [5.74, 6) is 0. The third-order valence-corrected chi connectivity index (χ3v) is 2.16. The van der Waals surface area contributed by atoms with Gasteiger partial charge in [-0.1, -0.05) is 6.07 Å². The Morgan fingerprint density at radius 3 is 3.09 bits per heavy atom. The van der Waals surface area contributed by atoms with E-state index in [2.05, 4.69) is 35.6 Å². The molecule has 0 saturated heterocycles. The smallest absolute Gasteiger partial charge is 0.0933 e. The quantitative estimate of drug-likeness (QED) is 0.585. The standard InChI is InChI=1S/C8H10N2S/c1-10-4-6-2-3-8(11)9-7(6)5-10/h2-3H,4-5H2,1H3,(H,9,11). The summed E-state index contributed by atoms with van der Waals surface area (Å²) in [4.78, 5) is 6.57. The van der Waals surface area contributed by atoms with Gasteiger partial charge in [0, 0.05) is 13.1 Å². The zero-order valence-electron chi connectivity index (χ0n) is 6.41. The van der Waals surface area contributed by atoms with Gasteiger partial charge in [-0.05, 0) is 18.7 Å². The molecule has 3 heteroatoms. The average molecular weight is 166 g/mol. The van der Waals surface area contributed by atoms with Crippen LogP contribution in [0.25, 0.3) is 0 Å². The van der Waals surface area contributed by atoms with Gasteiger partial charge in [0.25, 0.3) is 0 Å². The van der Waals surface area contributed by atoms with Crippen LogP contribution in [-0.4, -0.2) is 16.9 Å². The van der Waals surface area contributed by atoms with Gasteiger partial charge in [0.2, 0.25) is 0 Å². The number of thiol groups is 1. The van der Waals surface area contributed by atoms with Gasteiger partial charge in [-0.25, -0.2) is 4.98 Å². The van der Waals surface area contributed by atoms with Crippen molar-refractivity contribution in [1.82, 2.24) is 9.88 Å². The van der Waals surface area contributed by atoms with E-state index in [0.717, 1.165) is 18.1 Å². The number of aromatic nitrogens is 1. The van der Waals surface area contributed by atoms with Crippen molar-refractivity contribution in [3.8, 4) is 0 Å². The summed E-state index contributed by atoms with van der Waals surface area (Å²) in [5.41, 5.74) is 2.52. The lowest BCUT2D eigenvalue weighted by Crippen LogP contribution is -2.07. The van der Waals surface area contributed by atoms with Crippen LogP contribution >= 0.6 is 12.6 Å². The highest BCUT2D eigenvalue weighted by atomic mass is 32.1. The van der Waals surface area contributed by atoms with Crippen molar-refractivity contribution < 1.29 is 0 Å². The van der Waals surface area contributed by atoms with Crippen molar-refractivity contribution in [1.29, 1.82) is 0 Å². The van der Waals surface area contributed by atoms with Crippen LogP contribution in [0, 0.1) is 0 Å². The lowest BCUT2D eigenvalue weighted by Gasteiger charge is -2.01. The van der Waals surface area contributed by atoms with E-state index >= 15 is 0 Å². The molecule has 0 aromatic carbocycles. The molecule has 0 aliphatic carbocycles. The van der Waals surface area contributed by atoms with E-state index in [1.165, 1.54) is 11.3 Å². The van der Waals surface area contributed by atoms with Crippen LogP contribution in [0.4, 0.5) is 0 Å². The first-order valence-corrected chi connectivity index (χ1v) is 4.07. The molecule has 2 nitrogen and oxygen atoms in total. The fraction of sp³-hybridized carbons (Fsp3) is 0.375. The number of nitrogens with zero attached hydrogens (tertiary/aromatic N) is 2. The van der Waals surface area contributed by atoms with E-state index in [4.69, 9.17) is 0 Å². The van der Waals surface area contributed by atoms with Gasteiger partial charge in [-0.15, -0.1) is 12.6 Å². The van der Waals surface area contributed by atoms with Crippen molar-refractivity contribution in [2.75, 3.05) is 7.05 Å². The van der Waals surface area contributed by atoms with Gasteiger partial charge >= 0.3 is 0 Å². The summed E-state index contributed by atoms with van der Waals surface area (Å²) in [6.45, 7) is 1.99. The lowest BCUT2D eigenvalue weighted by atomic mass is 10.2. The second-order valence-corrected chi connectivity index (χ2v) is 3.41. The van der Waals surface area contributed by atoms with Crippen LogP contribution in [0.3, 0.4) is 0 Å². The molecular weight excluding hydrogens is 156 g/mol. The van der Waals surface area contributed by atoms with Crippen molar-refractivity contribution in [2.45, 2.75) is 18.1 Å². The molecule has 2 heterocycles. The van der Waals surface area contributed by atoms with Gasteiger partial charge in [-0.2, -0.15) is 0 Å². The van der Waals surface area contributed by atoms with E-state index in [1.54, 1.807) is 0 Å². The summed E-state index contributed by atoms with van der Waals surface area (Å²) in [7, 11) is 2.10. The third-order valence-electron chi connectivity index (χ3n) is 1.91. The molecule has 0 amide bonds. The van der Waals surface area contributed by atoms with Crippen LogP contribution < -0.4 is 0 Å². The van der Waals surface area contributed by atoms with Crippen LogP contribution in [-0.2, 0) is 13.1 Å². The van der Waals surface area contributed by atoms with E-state index in [-0.39, 0.29) is 0 Å². The molecule has 0 unspecified atom stereocenters. The molecule has 0 spiro atoms. The Labute approximate surface area is 71.7 Å². The first kappa shape index (κ1) is 7.13. The minimum absolute atomic E-state index is 0.819. The second kappa shape index (κ2) is 2.50. The van der Waals surface area contributed by atoms with Gasteiger partial charge in [0.05, 0.1) is 10.7 Å². The van der Waals surface area contributed by atoms with Crippen LogP contribution in [0.5, 0.6) is 0 Å². The maximum absolute atomic E-state index is 4.33. The Bertz CT molecular complexity index is 285. The van der Waals surface area contributed by atoms with Crippen LogP contribution in [0.2, 0.25) is 0 Å². The molecule has 58 valence electrons. The third kappa shape index (κ3) is 1.26. The predicted octanol–water partition coefficient (Wildman–Crippen LogP) is 1.32. The highest BCUT2D eigenvalue weighted by molar-refractivity contribution is 7.80. The maximum Gasteiger partial charge on any atom is 0.0933 e. The number of hydrogen-bond donors (Lipinski definition) is 1. The van der Waals surface area contributed by atoms with Crippen LogP contribution in [0.1, 0.15) is 11.3 Å². The molecule has 0 N–H and O–H groups in total. The molecule has 0 bridgehead atoms. The molecule has 11 heavy (non-hydrogen) atoms. The highest BCUT2D eigenvalue weighted by Crippen LogP contribution is 2.20. The molecule has 0 fully saturated rings. The zero-order chi connectivity index (χ0) is 7.84. The lowest BCUT2D eigenvalue weighted by molar-refractivity contribution is 0.351. The molecule has 2 rings (SSSR count). The van der Waals surface area contributed by atoms with Gasteiger partial charge in [0.15, 0.2) is 0 Å². The number of fused-ring (bicyclic) bond motifs is 1. The molecule has 1 aliphatic heterocycles. The molecule has 1 aliphatic rings. The van der Waals surface area contributed by atoms with E-state index in [9.17, 15) is 0 Å². The Balaban J connectivity index is 2.43. The van der Waals surface area contributed by atoms with Gasteiger partial charge in [-0.3, -0.25) is 4.90 Å². The van der Waals surface area contributed by atoms with E-state index in [0.29, 0.717) is 0 Å². The Morgan fingerprint density at radius 1 is 1.45 bits per heavy atom. The minimum atomic E-state index is 0.819. The molecule has 1 aromatic heterocycles. The molecule has 0 saturated carbocycles. The predicted molar refractivity (Wildman–Crippen MR) is 46.7 cm³/mol. The molecule has 1 aromatic rings. The van der Waals surface area contributed by atoms with Crippen molar-refractivity contribution >= 4 is 12.6 Å². The Morgan fingerprint density at radius 2 is 2.27 bits per heavy atom. The average Bonchev–Trinajstić information content (AvgIpc) is 2.27. The van der Waals surface area contributed by atoms with Crippen LogP contribution in [0.15, 0.2) is 17.2 Å². The molecule has 0 radical (unpaired) electrons. The largest absolute Gasteiger partial charge is 0.296 e. The number of hydrogen-bond acceptors (Lipinski definition) is 3. The highest BCUT2D eigenvalue weighted by Gasteiger charge is 2.15. The Kier molecular flexibility index (Phi) is 1.62. The Hall–Kier alpha value is -0.540. The van der Waals surface area contributed by atoms with Crippen molar-refractivity contribution in [3.05, 3.63) is 23.4 Å². The van der Waals surface area contributed by atoms with E-state index < -0.39 is 0 Å². The zero-order valence-corrected chi connectivity index (χ0v) is 7.30. The first-order valence-electron chi connectivity index (χ1n) is 3.62. The summed E-state index contributed by atoms with van der Waals surface area (Å²) in [6, 6.07) is 4.05. The van der Waals surface area contributed by atoms with Gasteiger partial charge < -0.3 is 0 Å². The molecule has 0 atom stereocenters. The summed E-state index contributed by atoms with van der Waals surface area (Å²) in [6.07, 6.45) is 0.